The summed E-state index contributed by atoms with van der Waals surface area (Å²) in [6.45, 7) is 0. The van der Waals surface area contributed by atoms with Crippen molar-refractivity contribution in [1.29, 1.82) is 0 Å². The van der Waals surface area contributed by atoms with Crippen LogP contribution in [0.15, 0.2) is 12.1 Å². The van der Waals surface area contributed by atoms with E-state index in [0.717, 1.165) is 12.8 Å². The molecule has 1 fully saturated rings. The minimum atomic E-state index is -0.450. The Bertz CT molecular complexity index is 431. The zero-order valence-corrected chi connectivity index (χ0v) is 10.1. The van der Waals surface area contributed by atoms with E-state index in [1.807, 2.05) is 0 Å². The van der Waals surface area contributed by atoms with Gasteiger partial charge >= 0.3 is 0 Å². The van der Waals surface area contributed by atoms with Gasteiger partial charge in [-0.2, -0.15) is 0 Å². The fourth-order valence-corrected chi connectivity index (χ4v) is 2.23. The zero-order chi connectivity index (χ0) is 13.0. The van der Waals surface area contributed by atoms with Crippen molar-refractivity contribution in [3.8, 4) is 0 Å². The Morgan fingerprint density at radius 3 is 2.56 bits per heavy atom. The molecule has 0 spiro atoms. The number of nitro groups is 1. The van der Waals surface area contributed by atoms with Gasteiger partial charge < -0.3 is 10.7 Å². The molecule has 0 amide bonds. The molecule has 2 rings (SSSR count). The fraction of sp³-hybridized carbons (Fsp3) is 0.545. The Morgan fingerprint density at radius 2 is 1.94 bits per heavy atom. The van der Waals surface area contributed by atoms with E-state index < -0.39 is 4.92 Å². The quantitative estimate of drug-likeness (QED) is 0.429. The highest BCUT2D eigenvalue weighted by atomic mass is 16.6. The average molecular weight is 251 g/mol. The molecule has 7 heteroatoms. The molecule has 0 atom stereocenters. The van der Waals surface area contributed by atoms with Gasteiger partial charge in [0.15, 0.2) is 0 Å². The lowest BCUT2D eigenvalue weighted by molar-refractivity contribution is -0.384. The van der Waals surface area contributed by atoms with Gasteiger partial charge in [-0.1, -0.05) is 19.3 Å². The van der Waals surface area contributed by atoms with Crippen molar-refractivity contribution in [2.24, 2.45) is 5.84 Å². The van der Waals surface area contributed by atoms with E-state index in [0.29, 0.717) is 17.7 Å². The largest absolute Gasteiger partial charge is 0.367 e. The molecule has 0 saturated heterocycles. The Morgan fingerprint density at radius 1 is 1.28 bits per heavy atom. The Balaban J connectivity index is 2.15. The maximum atomic E-state index is 10.8. The summed E-state index contributed by atoms with van der Waals surface area (Å²) in [5.41, 5.74) is 2.33. The van der Waals surface area contributed by atoms with Crippen LogP contribution < -0.4 is 16.6 Å². The summed E-state index contributed by atoms with van der Waals surface area (Å²) in [6, 6.07) is 3.10. The zero-order valence-electron chi connectivity index (χ0n) is 10.1. The van der Waals surface area contributed by atoms with Crippen LogP contribution >= 0.6 is 0 Å². The predicted octanol–water partition coefficient (Wildman–Crippen LogP) is 2.02. The second-order valence-corrected chi connectivity index (χ2v) is 4.48. The number of hydrogen-bond acceptors (Lipinski definition) is 6. The molecule has 7 nitrogen and oxygen atoms in total. The molecular formula is C11H17N5O2. The molecule has 1 heterocycles. The lowest BCUT2D eigenvalue weighted by atomic mass is 9.95. The van der Waals surface area contributed by atoms with Gasteiger partial charge in [0, 0.05) is 6.04 Å². The topological polar surface area (TPSA) is 106 Å². The van der Waals surface area contributed by atoms with Crippen LogP contribution in [-0.2, 0) is 0 Å². The minimum Gasteiger partial charge on any atom is -0.367 e. The van der Waals surface area contributed by atoms with Gasteiger partial charge in [0.05, 0.1) is 17.1 Å². The van der Waals surface area contributed by atoms with Gasteiger partial charge in [-0.15, -0.1) is 0 Å². The van der Waals surface area contributed by atoms with E-state index in [9.17, 15) is 10.1 Å². The molecule has 1 aliphatic carbocycles. The number of nitrogen functional groups attached to an aromatic ring is 1. The summed E-state index contributed by atoms with van der Waals surface area (Å²) in [5, 5.41) is 14.0. The molecule has 0 bridgehead atoms. The monoisotopic (exact) mass is 251 g/mol. The normalized spacial score (nSPS) is 16.3. The number of aromatic nitrogens is 1. The summed E-state index contributed by atoms with van der Waals surface area (Å²) in [7, 11) is 0. The third-order valence-corrected chi connectivity index (χ3v) is 3.13. The minimum absolute atomic E-state index is 0.0174. The molecule has 1 aromatic heterocycles. The summed E-state index contributed by atoms with van der Waals surface area (Å²) >= 11 is 0. The molecule has 98 valence electrons. The highest BCUT2D eigenvalue weighted by Gasteiger charge is 2.16. The molecular weight excluding hydrogens is 234 g/mol. The van der Waals surface area contributed by atoms with E-state index >= 15 is 0 Å². The number of nitrogens with zero attached hydrogens (tertiary/aromatic N) is 2. The summed E-state index contributed by atoms with van der Waals surface area (Å²) < 4.78 is 0. The van der Waals surface area contributed by atoms with Crippen molar-refractivity contribution in [3.05, 3.63) is 22.2 Å². The van der Waals surface area contributed by atoms with Gasteiger partial charge in [-0.25, -0.2) is 10.8 Å². The molecule has 1 aliphatic rings. The van der Waals surface area contributed by atoms with Gasteiger partial charge in [0.2, 0.25) is 0 Å². The number of nitrogens with one attached hydrogen (secondary N) is 2. The predicted molar refractivity (Wildman–Crippen MR) is 69.2 cm³/mol. The molecule has 4 N–H and O–H groups in total. The average Bonchev–Trinajstić information content (AvgIpc) is 2.39. The van der Waals surface area contributed by atoms with Crippen LogP contribution in [0.5, 0.6) is 0 Å². The van der Waals surface area contributed by atoms with Crippen molar-refractivity contribution in [1.82, 2.24) is 4.98 Å². The van der Waals surface area contributed by atoms with E-state index in [2.05, 4.69) is 15.7 Å². The Hall–Kier alpha value is -1.89. The van der Waals surface area contributed by atoms with Crippen molar-refractivity contribution >= 4 is 17.3 Å². The third-order valence-electron chi connectivity index (χ3n) is 3.13. The third kappa shape index (κ3) is 3.07. The van der Waals surface area contributed by atoms with Crippen LogP contribution in [0.1, 0.15) is 32.1 Å². The second kappa shape index (κ2) is 5.63. The molecule has 0 aliphatic heterocycles. The first-order valence-electron chi connectivity index (χ1n) is 6.08. The Kier molecular flexibility index (Phi) is 3.93. The maximum absolute atomic E-state index is 10.8. The van der Waals surface area contributed by atoms with E-state index in [-0.39, 0.29) is 5.69 Å². The van der Waals surface area contributed by atoms with Crippen LogP contribution in [0.25, 0.3) is 0 Å². The molecule has 0 radical (unpaired) electrons. The van der Waals surface area contributed by atoms with Crippen LogP contribution in [0.3, 0.4) is 0 Å². The highest BCUT2D eigenvalue weighted by molar-refractivity contribution is 5.54. The number of pyridine rings is 1. The summed E-state index contributed by atoms with van der Waals surface area (Å²) in [4.78, 5) is 14.5. The van der Waals surface area contributed by atoms with Gasteiger partial charge in [0.1, 0.15) is 11.6 Å². The first kappa shape index (κ1) is 12.6. The molecule has 1 saturated carbocycles. The van der Waals surface area contributed by atoms with Crippen molar-refractivity contribution < 1.29 is 4.92 Å². The van der Waals surface area contributed by atoms with Crippen molar-refractivity contribution in [3.63, 3.8) is 0 Å². The fourth-order valence-electron chi connectivity index (χ4n) is 2.23. The SMILES string of the molecule is NNc1cc([N+](=O)[O-])cc(NC2CCCCC2)n1. The molecule has 0 aromatic carbocycles. The van der Waals surface area contributed by atoms with Gasteiger partial charge in [0.25, 0.3) is 5.69 Å². The second-order valence-electron chi connectivity index (χ2n) is 4.48. The number of nitrogens with two attached hydrogens (primary N) is 1. The molecule has 0 unspecified atom stereocenters. The van der Waals surface area contributed by atoms with Crippen LogP contribution in [0.4, 0.5) is 17.3 Å². The lowest BCUT2D eigenvalue weighted by Gasteiger charge is -2.23. The first-order chi connectivity index (χ1) is 8.69. The first-order valence-corrected chi connectivity index (χ1v) is 6.08. The van der Waals surface area contributed by atoms with Crippen molar-refractivity contribution in [2.45, 2.75) is 38.1 Å². The smallest absolute Gasteiger partial charge is 0.276 e. The number of hydrogen-bond donors (Lipinski definition) is 3. The Labute approximate surface area is 105 Å². The number of anilines is 2. The summed E-state index contributed by atoms with van der Waals surface area (Å²) in [6.07, 6.45) is 5.80. The summed E-state index contributed by atoms with van der Waals surface area (Å²) in [5.74, 6) is 6.06. The maximum Gasteiger partial charge on any atom is 0.276 e. The van der Waals surface area contributed by atoms with Crippen LogP contribution in [0, 0.1) is 10.1 Å². The highest BCUT2D eigenvalue weighted by Crippen LogP contribution is 2.24. The van der Waals surface area contributed by atoms with E-state index in [1.54, 1.807) is 0 Å². The molecule has 18 heavy (non-hydrogen) atoms. The number of hydrazine groups is 1. The van der Waals surface area contributed by atoms with Gasteiger partial charge in [-0.3, -0.25) is 10.1 Å². The molecule has 1 aromatic rings. The van der Waals surface area contributed by atoms with Crippen molar-refractivity contribution in [2.75, 3.05) is 10.7 Å². The van der Waals surface area contributed by atoms with Crippen LogP contribution in [0.2, 0.25) is 0 Å². The van der Waals surface area contributed by atoms with Gasteiger partial charge in [-0.05, 0) is 12.8 Å². The standard InChI is InChI=1S/C11H17N5O2/c12-15-11-7-9(16(17)18)6-10(14-11)13-8-4-2-1-3-5-8/h6-8H,1-5,12H2,(H2,13,14,15). The van der Waals surface area contributed by atoms with E-state index in [4.69, 9.17) is 5.84 Å². The van der Waals surface area contributed by atoms with E-state index in [1.165, 1.54) is 31.4 Å². The lowest BCUT2D eigenvalue weighted by Crippen LogP contribution is -2.23. The number of rotatable bonds is 4. The van der Waals surface area contributed by atoms with Crippen LogP contribution in [-0.4, -0.2) is 15.9 Å².